The number of carbonyl (C=O) groups is 2. The number of nitro groups is 1. The van der Waals surface area contributed by atoms with Gasteiger partial charge in [-0.1, -0.05) is 37.3 Å². The summed E-state index contributed by atoms with van der Waals surface area (Å²) in [5.74, 6) is -0.791. The Bertz CT molecular complexity index is 962. The van der Waals surface area contributed by atoms with Crippen LogP contribution in [0.2, 0.25) is 0 Å². The molecule has 1 saturated heterocycles. The van der Waals surface area contributed by atoms with Gasteiger partial charge in [-0.25, -0.2) is 4.79 Å². The van der Waals surface area contributed by atoms with Crippen LogP contribution in [0.1, 0.15) is 40.7 Å². The molecule has 9 heteroatoms. The van der Waals surface area contributed by atoms with E-state index in [2.05, 4.69) is 0 Å². The first-order valence-corrected chi connectivity index (χ1v) is 10.2. The van der Waals surface area contributed by atoms with Crippen molar-refractivity contribution in [1.29, 1.82) is 0 Å². The van der Waals surface area contributed by atoms with Crippen LogP contribution in [0.25, 0.3) is 0 Å². The summed E-state index contributed by atoms with van der Waals surface area (Å²) in [4.78, 5) is 35.9. The zero-order valence-corrected chi connectivity index (χ0v) is 17.9. The van der Waals surface area contributed by atoms with Crippen LogP contribution < -0.4 is 0 Å². The van der Waals surface area contributed by atoms with Crippen molar-refractivity contribution in [2.75, 3.05) is 26.9 Å². The van der Waals surface area contributed by atoms with E-state index in [1.54, 1.807) is 37.3 Å². The summed E-state index contributed by atoms with van der Waals surface area (Å²) in [5, 5.41) is 11.5. The van der Waals surface area contributed by atoms with Gasteiger partial charge in [-0.15, -0.1) is 0 Å². The van der Waals surface area contributed by atoms with E-state index in [0.717, 1.165) is 0 Å². The molecule has 1 aliphatic heterocycles. The lowest BCUT2D eigenvalue weighted by Gasteiger charge is -2.19. The molecule has 0 bridgehead atoms. The monoisotopic (exact) mass is 443 g/mol. The van der Waals surface area contributed by atoms with Crippen LogP contribution in [0, 0.1) is 10.1 Å². The Balaban J connectivity index is 1.69. The van der Waals surface area contributed by atoms with E-state index in [4.69, 9.17) is 18.9 Å². The van der Waals surface area contributed by atoms with Crippen LogP contribution in [0.3, 0.4) is 0 Å². The van der Waals surface area contributed by atoms with Crippen LogP contribution in [0.15, 0.2) is 48.5 Å². The highest BCUT2D eigenvalue weighted by Gasteiger charge is 2.32. The smallest absolute Gasteiger partial charge is 0.434 e. The number of carbonyl (C=O) groups excluding carboxylic acids is 2. The van der Waals surface area contributed by atoms with Gasteiger partial charge in [-0.2, -0.15) is 0 Å². The van der Waals surface area contributed by atoms with Crippen molar-refractivity contribution in [2.24, 2.45) is 0 Å². The van der Waals surface area contributed by atoms with E-state index < -0.39 is 23.1 Å². The second kappa shape index (κ2) is 10.8. The third-order valence-corrected chi connectivity index (χ3v) is 5.23. The molecule has 2 aromatic rings. The first kappa shape index (κ1) is 23.4. The minimum absolute atomic E-state index is 0.148. The number of methoxy groups -OCH3 is 1. The Hall–Kier alpha value is -3.30. The number of hydrogen-bond donors (Lipinski definition) is 0. The predicted molar refractivity (Wildman–Crippen MR) is 114 cm³/mol. The summed E-state index contributed by atoms with van der Waals surface area (Å²) in [5.41, 5.74) is 0.940. The van der Waals surface area contributed by atoms with Crippen molar-refractivity contribution < 1.29 is 33.5 Å². The molecule has 1 unspecified atom stereocenters. The van der Waals surface area contributed by atoms with Gasteiger partial charge in [0.15, 0.2) is 5.78 Å². The summed E-state index contributed by atoms with van der Waals surface area (Å²) in [7, 11) is 1.53. The van der Waals surface area contributed by atoms with Crippen molar-refractivity contribution in [3.8, 4) is 0 Å². The van der Waals surface area contributed by atoms with Gasteiger partial charge in [-0.3, -0.25) is 14.9 Å². The fourth-order valence-corrected chi connectivity index (χ4v) is 3.54. The molecule has 170 valence electrons. The highest BCUT2D eigenvalue weighted by molar-refractivity contribution is 6.09. The van der Waals surface area contributed by atoms with E-state index in [0.29, 0.717) is 36.3 Å². The van der Waals surface area contributed by atoms with Crippen LogP contribution in [0.4, 0.5) is 10.5 Å². The minimum atomic E-state index is -0.882. The van der Waals surface area contributed by atoms with Gasteiger partial charge in [0.2, 0.25) is 0 Å². The quantitative estimate of drug-likeness (QED) is 0.248. The molecule has 0 spiro atoms. The van der Waals surface area contributed by atoms with Crippen molar-refractivity contribution >= 4 is 17.6 Å². The molecule has 0 saturated carbocycles. The first-order chi connectivity index (χ1) is 15.4. The average molecular weight is 443 g/mol. The molecule has 2 aromatic carbocycles. The zero-order chi connectivity index (χ0) is 23.1. The standard InChI is InChI=1S/C23H25NO8/c1-15(13-31-23(26)32-20-10-11-30-21(20)14-29-2)18-12-17(8-9-19(18)24(27)28)22(25)16-6-4-3-5-7-16/h3-9,12,15,20-21H,10-11,13-14H2,1-2H3/t15?,20-,21-/m1/s1. The molecule has 3 atom stereocenters. The normalized spacial score (nSPS) is 18.7. The minimum Gasteiger partial charge on any atom is -0.434 e. The molecular formula is C23H25NO8. The van der Waals surface area contributed by atoms with Crippen molar-refractivity contribution in [1.82, 2.24) is 0 Å². The molecule has 1 fully saturated rings. The lowest BCUT2D eigenvalue weighted by atomic mass is 9.94. The van der Waals surface area contributed by atoms with E-state index in [1.807, 2.05) is 0 Å². The number of ketones is 1. The molecule has 3 rings (SSSR count). The third-order valence-electron chi connectivity index (χ3n) is 5.23. The van der Waals surface area contributed by atoms with Gasteiger partial charge < -0.3 is 18.9 Å². The van der Waals surface area contributed by atoms with E-state index >= 15 is 0 Å². The third kappa shape index (κ3) is 5.68. The maximum atomic E-state index is 12.7. The highest BCUT2D eigenvalue weighted by Crippen LogP contribution is 2.29. The van der Waals surface area contributed by atoms with Crippen molar-refractivity contribution in [3.05, 3.63) is 75.3 Å². The molecule has 1 heterocycles. The number of hydrogen-bond acceptors (Lipinski definition) is 8. The summed E-state index contributed by atoms with van der Waals surface area (Å²) in [6.07, 6.45) is -1.17. The molecule has 0 radical (unpaired) electrons. The molecular weight excluding hydrogens is 418 g/mol. The first-order valence-electron chi connectivity index (χ1n) is 10.2. The SMILES string of the molecule is COC[C@H]1OCC[C@H]1OC(=O)OCC(C)c1cc(C(=O)c2ccccc2)ccc1[N+](=O)[O-]. The second-order valence-corrected chi connectivity index (χ2v) is 7.50. The molecule has 0 aromatic heterocycles. The van der Waals surface area contributed by atoms with E-state index in [1.165, 1.54) is 25.3 Å². The molecule has 9 nitrogen and oxygen atoms in total. The Morgan fingerprint density at radius 3 is 2.62 bits per heavy atom. The Morgan fingerprint density at radius 1 is 1.19 bits per heavy atom. The maximum Gasteiger partial charge on any atom is 0.508 e. The van der Waals surface area contributed by atoms with Crippen molar-refractivity contribution in [2.45, 2.75) is 31.5 Å². The number of rotatable bonds is 9. The summed E-state index contributed by atoms with van der Waals surface area (Å²) < 4.78 is 21.0. The van der Waals surface area contributed by atoms with Gasteiger partial charge in [-0.05, 0) is 12.1 Å². The summed E-state index contributed by atoms with van der Waals surface area (Å²) >= 11 is 0. The maximum absolute atomic E-state index is 12.7. The molecule has 0 N–H and O–H groups in total. The average Bonchev–Trinajstić information content (AvgIpc) is 3.23. The van der Waals surface area contributed by atoms with Crippen molar-refractivity contribution in [3.63, 3.8) is 0 Å². The lowest BCUT2D eigenvalue weighted by Crippen LogP contribution is -2.31. The van der Waals surface area contributed by atoms with Gasteiger partial charge in [0.05, 0.1) is 18.1 Å². The van der Waals surface area contributed by atoms with Gasteiger partial charge in [0.1, 0.15) is 18.8 Å². The summed E-state index contributed by atoms with van der Waals surface area (Å²) in [6.45, 7) is 2.28. The molecule has 1 aliphatic rings. The van der Waals surface area contributed by atoms with Gasteiger partial charge in [0.25, 0.3) is 5.69 Å². The summed E-state index contributed by atoms with van der Waals surface area (Å²) in [6, 6.07) is 12.8. The predicted octanol–water partition coefficient (Wildman–Crippen LogP) is 3.89. The lowest BCUT2D eigenvalue weighted by molar-refractivity contribution is -0.385. The van der Waals surface area contributed by atoms with E-state index in [9.17, 15) is 19.7 Å². The Morgan fingerprint density at radius 2 is 1.94 bits per heavy atom. The fourth-order valence-electron chi connectivity index (χ4n) is 3.54. The van der Waals surface area contributed by atoms with Crippen LogP contribution >= 0.6 is 0 Å². The Labute approximate surface area is 185 Å². The molecule has 32 heavy (non-hydrogen) atoms. The number of nitrogens with zero attached hydrogens (tertiary/aromatic N) is 1. The fraction of sp³-hybridized carbons (Fsp3) is 0.391. The van der Waals surface area contributed by atoms with Crippen LogP contribution in [-0.2, 0) is 18.9 Å². The van der Waals surface area contributed by atoms with E-state index in [-0.39, 0.29) is 24.2 Å². The molecule has 0 amide bonds. The number of nitro benzene ring substituents is 1. The number of ether oxygens (including phenoxy) is 4. The topological polar surface area (TPSA) is 114 Å². The van der Waals surface area contributed by atoms with Crippen LogP contribution in [0.5, 0.6) is 0 Å². The second-order valence-electron chi connectivity index (χ2n) is 7.50. The zero-order valence-electron chi connectivity index (χ0n) is 17.9. The number of benzene rings is 2. The van der Waals surface area contributed by atoms with Gasteiger partial charge in [0, 0.05) is 42.2 Å². The van der Waals surface area contributed by atoms with Crippen LogP contribution in [-0.4, -0.2) is 56.0 Å². The Kier molecular flexibility index (Phi) is 7.91. The van der Waals surface area contributed by atoms with Gasteiger partial charge >= 0.3 is 6.16 Å². The highest BCUT2D eigenvalue weighted by atomic mass is 16.7. The molecule has 0 aliphatic carbocycles. The largest absolute Gasteiger partial charge is 0.508 e.